The third-order valence-electron chi connectivity index (χ3n) is 3.91. The zero-order valence-corrected chi connectivity index (χ0v) is 13.7. The molecule has 2 heterocycles. The Morgan fingerprint density at radius 1 is 1.36 bits per heavy atom. The molecule has 0 aliphatic carbocycles. The van der Waals surface area contributed by atoms with E-state index in [9.17, 15) is 13.6 Å². The molecule has 2 aromatic rings. The molecule has 0 saturated carbocycles. The minimum Gasteiger partial charge on any atom is -0.481 e. The summed E-state index contributed by atoms with van der Waals surface area (Å²) in [6.07, 6.45) is 1.98. The minimum absolute atomic E-state index is 0.0280. The van der Waals surface area contributed by atoms with E-state index in [1.54, 1.807) is 0 Å². The number of aromatic amines is 1. The first kappa shape index (κ1) is 18.9. The van der Waals surface area contributed by atoms with Crippen molar-refractivity contribution in [1.82, 2.24) is 10.5 Å². The van der Waals surface area contributed by atoms with Crippen LogP contribution in [0.5, 0.6) is 0 Å². The van der Waals surface area contributed by atoms with E-state index in [4.69, 9.17) is 14.4 Å². The molecule has 25 heavy (non-hydrogen) atoms. The van der Waals surface area contributed by atoms with E-state index in [0.29, 0.717) is 17.7 Å². The second-order valence-electron chi connectivity index (χ2n) is 5.95. The summed E-state index contributed by atoms with van der Waals surface area (Å²) in [5.41, 5.74) is 0.111. The Morgan fingerprint density at radius 3 is 2.72 bits per heavy atom. The number of piperidine rings is 1. The molecule has 1 saturated heterocycles. The normalized spacial score (nSPS) is 19.8. The predicted octanol–water partition coefficient (Wildman–Crippen LogP) is 2.42. The van der Waals surface area contributed by atoms with Gasteiger partial charge in [-0.05, 0) is 49.6 Å². The van der Waals surface area contributed by atoms with Gasteiger partial charge in [0.2, 0.25) is 0 Å². The largest absolute Gasteiger partial charge is 0.481 e. The summed E-state index contributed by atoms with van der Waals surface area (Å²) in [6, 6.07) is 4.98. The maximum absolute atomic E-state index is 13.7. The number of hydrogen-bond acceptors (Lipinski definition) is 4. The van der Waals surface area contributed by atoms with Crippen LogP contribution in [0.4, 0.5) is 8.78 Å². The number of aromatic nitrogens is 1. The molecule has 3 N–H and O–H groups in total. The fourth-order valence-corrected chi connectivity index (χ4v) is 2.88. The highest BCUT2D eigenvalue weighted by Crippen LogP contribution is 2.28. The van der Waals surface area contributed by atoms with Gasteiger partial charge in [0, 0.05) is 24.9 Å². The van der Waals surface area contributed by atoms with E-state index in [-0.39, 0.29) is 17.5 Å². The second-order valence-corrected chi connectivity index (χ2v) is 5.95. The van der Waals surface area contributed by atoms with Crippen molar-refractivity contribution in [1.29, 1.82) is 0 Å². The summed E-state index contributed by atoms with van der Waals surface area (Å²) < 4.78 is 32.0. The maximum Gasteiger partial charge on any atom is 0.300 e. The zero-order valence-electron chi connectivity index (χ0n) is 13.7. The van der Waals surface area contributed by atoms with Gasteiger partial charge in [0.05, 0.1) is 0 Å². The van der Waals surface area contributed by atoms with Crippen LogP contribution < -0.4 is 10.9 Å². The number of hydrogen-bond donors (Lipinski definition) is 3. The molecule has 136 valence electrons. The van der Waals surface area contributed by atoms with Crippen LogP contribution in [0.1, 0.15) is 37.0 Å². The molecule has 1 fully saturated rings. The molecule has 0 spiro atoms. The zero-order chi connectivity index (χ0) is 18.4. The Hall–Kier alpha value is -2.48. The summed E-state index contributed by atoms with van der Waals surface area (Å²) in [4.78, 5) is 20.1. The molecule has 6 nitrogen and oxygen atoms in total. The van der Waals surface area contributed by atoms with Gasteiger partial charge in [0.25, 0.3) is 11.5 Å². The first-order chi connectivity index (χ1) is 11.8. The fourth-order valence-electron chi connectivity index (χ4n) is 2.88. The number of carbonyl (C=O) groups is 1. The highest BCUT2D eigenvalue weighted by atomic mass is 19.1. The van der Waals surface area contributed by atoms with Crippen molar-refractivity contribution in [3.63, 3.8) is 0 Å². The third kappa shape index (κ3) is 5.82. The van der Waals surface area contributed by atoms with Crippen molar-refractivity contribution < 1.29 is 23.2 Å². The molecule has 0 radical (unpaired) electrons. The predicted molar refractivity (Wildman–Crippen MR) is 86.5 cm³/mol. The van der Waals surface area contributed by atoms with Crippen LogP contribution in [0.3, 0.4) is 0 Å². The van der Waals surface area contributed by atoms with Gasteiger partial charge >= 0.3 is 0 Å². The number of aliphatic carboxylic acids is 1. The van der Waals surface area contributed by atoms with Gasteiger partial charge in [0.15, 0.2) is 0 Å². The Balaban J connectivity index is 0.000000511. The lowest BCUT2D eigenvalue weighted by Gasteiger charge is -2.29. The smallest absolute Gasteiger partial charge is 0.300 e. The quantitative estimate of drug-likeness (QED) is 0.787. The molecule has 1 aromatic carbocycles. The van der Waals surface area contributed by atoms with Gasteiger partial charge in [0.1, 0.15) is 17.4 Å². The lowest BCUT2D eigenvalue weighted by atomic mass is 9.87. The summed E-state index contributed by atoms with van der Waals surface area (Å²) in [6.45, 7) is 1.83. The van der Waals surface area contributed by atoms with Crippen molar-refractivity contribution in [3.8, 4) is 0 Å². The van der Waals surface area contributed by atoms with Crippen LogP contribution in [-0.4, -0.2) is 28.8 Å². The Morgan fingerprint density at radius 2 is 2.08 bits per heavy atom. The maximum atomic E-state index is 13.7. The van der Waals surface area contributed by atoms with Crippen LogP contribution in [0.2, 0.25) is 0 Å². The molecule has 2 atom stereocenters. The monoisotopic (exact) mass is 354 g/mol. The summed E-state index contributed by atoms with van der Waals surface area (Å²) >= 11 is 0. The van der Waals surface area contributed by atoms with Crippen molar-refractivity contribution in [3.05, 3.63) is 57.6 Å². The number of carboxylic acid groups (broad SMARTS) is 1. The lowest BCUT2D eigenvalue weighted by molar-refractivity contribution is -0.134. The van der Waals surface area contributed by atoms with E-state index >= 15 is 0 Å². The minimum atomic E-state index is -0.833. The summed E-state index contributed by atoms with van der Waals surface area (Å²) in [5, 5.41) is 13.0. The van der Waals surface area contributed by atoms with Crippen LogP contribution in [0.25, 0.3) is 0 Å². The Labute approximate surface area is 142 Å². The first-order valence-corrected chi connectivity index (χ1v) is 7.90. The highest BCUT2D eigenvalue weighted by molar-refractivity contribution is 5.62. The van der Waals surface area contributed by atoms with Gasteiger partial charge in [-0.15, -0.1) is 0 Å². The second kappa shape index (κ2) is 8.57. The number of carboxylic acids is 1. The molecule has 1 aromatic heterocycles. The van der Waals surface area contributed by atoms with Crippen molar-refractivity contribution in [2.24, 2.45) is 0 Å². The average Bonchev–Trinajstić information content (AvgIpc) is 2.97. The van der Waals surface area contributed by atoms with Crippen LogP contribution in [-0.2, 0) is 11.2 Å². The Kier molecular flexibility index (Phi) is 6.46. The number of rotatable bonds is 3. The van der Waals surface area contributed by atoms with Gasteiger partial charge in [-0.25, -0.2) is 8.78 Å². The number of benzene rings is 1. The van der Waals surface area contributed by atoms with E-state index in [0.717, 1.165) is 38.4 Å². The molecule has 0 unspecified atom stereocenters. The molecule has 1 aliphatic rings. The fraction of sp³-hybridized carbons (Fsp3) is 0.412. The SMILES string of the molecule is CC(=O)O.O=c1cc([C@@H]2CCN[C@@H](Cc3cc(F)ccc3F)C2)o[nH]1. The van der Waals surface area contributed by atoms with Gasteiger partial charge < -0.3 is 14.9 Å². The van der Waals surface area contributed by atoms with Gasteiger partial charge in [-0.3, -0.25) is 9.59 Å². The van der Waals surface area contributed by atoms with Crippen molar-refractivity contribution in [2.45, 2.75) is 38.1 Å². The topological polar surface area (TPSA) is 95.3 Å². The van der Waals surface area contributed by atoms with Crippen molar-refractivity contribution >= 4 is 5.97 Å². The number of halogens is 2. The molecule has 0 amide bonds. The van der Waals surface area contributed by atoms with E-state index in [2.05, 4.69) is 10.5 Å². The molecular weight excluding hydrogens is 334 g/mol. The summed E-state index contributed by atoms with van der Waals surface area (Å²) in [7, 11) is 0. The first-order valence-electron chi connectivity index (χ1n) is 7.90. The van der Waals surface area contributed by atoms with Gasteiger partial charge in [-0.1, -0.05) is 0 Å². The molecule has 0 bridgehead atoms. The molecule has 8 heteroatoms. The van der Waals surface area contributed by atoms with Crippen LogP contribution >= 0.6 is 0 Å². The third-order valence-corrected chi connectivity index (χ3v) is 3.91. The van der Waals surface area contributed by atoms with Crippen molar-refractivity contribution in [2.75, 3.05) is 6.54 Å². The van der Waals surface area contributed by atoms with E-state index in [1.165, 1.54) is 12.1 Å². The van der Waals surface area contributed by atoms with E-state index < -0.39 is 17.6 Å². The molecule has 3 rings (SSSR count). The molecule has 1 aliphatic heterocycles. The lowest BCUT2D eigenvalue weighted by Crippen LogP contribution is -2.38. The van der Waals surface area contributed by atoms with Crippen LogP contribution in [0, 0.1) is 11.6 Å². The number of nitrogens with one attached hydrogen (secondary N) is 2. The summed E-state index contributed by atoms with van der Waals surface area (Å²) in [5.74, 6) is -0.915. The standard InChI is InChI=1S/C15H16F2N2O2.C2H4O2/c16-11-1-2-13(17)10(5-11)7-12-6-9(3-4-18-12)14-8-15(20)19-21-14;1-2(3)4/h1-2,5,8-9,12,18H,3-4,6-7H2,(H,19,20);1H3,(H,3,4)/t9-,12-;/m1./s1. The van der Waals surface area contributed by atoms with Crippen LogP contribution in [0.15, 0.2) is 33.6 Å². The Bertz CT molecular complexity index is 768. The number of H-pyrrole nitrogens is 1. The van der Waals surface area contributed by atoms with E-state index in [1.807, 2.05) is 0 Å². The average molecular weight is 354 g/mol. The van der Waals surface area contributed by atoms with Gasteiger partial charge in [-0.2, -0.15) is 5.16 Å². The molecular formula is C17H20F2N2O4. The highest BCUT2D eigenvalue weighted by Gasteiger charge is 2.26.